The molecule has 2 heterocycles. The first-order chi connectivity index (χ1) is 9.75. The molecule has 0 saturated heterocycles. The van der Waals surface area contributed by atoms with Crippen LogP contribution in [0.25, 0.3) is 0 Å². The minimum Gasteiger partial charge on any atom is -0.340 e. The molecule has 0 aliphatic heterocycles. The summed E-state index contributed by atoms with van der Waals surface area (Å²) < 4.78 is 2.98. The number of anilines is 1. The fraction of sp³-hybridized carbons (Fsp3) is 0.571. The Balaban J connectivity index is 1.84. The summed E-state index contributed by atoms with van der Waals surface area (Å²) in [5.41, 5.74) is 1.32. The van der Waals surface area contributed by atoms with Crippen LogP contribution in [0.1, 0.15) is 43.7 Å². The summed E-state index contributed by atoms with van der Waals surface area (Å²) in [5.74, 6) is 0.966. The molecule has 0 unspecified atom stereocenters. The number of aromatic amines is 1. The fourth-order valence-electron chi connectivity index (χ4n) is 2.96. The Morgan fingerprint density at radius 3 is 2.95 bits per heavy atom. The number of rotatable bonds is 4. The first kappa shape index (κ1) is 13.8. The second-order valence-electron chi connectivity index (χ2n) is 5.48. The van der Waals surface area contributed by atoms with Gasteiger partial charge >= 0.3 is 0 Å². The molecule has 1 aliphatic carbocycles. The van der Waals surface area contributed by atoms with Gasteiger partial charge in [-0.2, -0.15) is 11.3 Å². The van der Waals surface area contributed by atoms with E-state index < -0.39 is 0 Å². The van der Waals surface area contributed by atoms with Crippen molar-refractivity contribution in [2.75, 3.05) is 11.9 Å². The Kier molecular flexibility index (Phi) is 4.21. The molecule has 1 N–H and O–H groups in total. The van der Waals surface area contributed by atoms with Gasteiger partial charge in [0.05, 0.1) is 0 Å². The van der Waals surface area contributed by atoms with Crippen molar-refractivity contribution in [1.29, 1.82) is 0 Å². The number of nitrogens with one attached hydrogen (secondary N) is 1. The zero-order valence-corrected chi connectivity index (χ0v) is 13.3. The van der Waals surface area contributed by atoms with Crippen LogP contribution in [0.4, 0.5) is 5.95 Å². The normalized spacial score (nSPS) is 16.4. The van der Waals surface area contributed by atoms with Crippen LogP contribution < -0.4 is 4.90 Å². The van der Waals surface area contributed by atoms with E-state index in [1.807, 2.05) is 0 Å². The van der Waals surface area contributed by atoms with Crippen LogP contribution in [0.3, 0.4) is 0 Å². The van der Waals surface area contributed by atoms with E-state index in [1.165, 1.54) is 37.7 Å². The summed E-state index contributed by atoms with van der Waals surface area (Å²) in [4.78, 5) is 2.18. The highest BCUT2D eigenvalue weighted by atomic mass is 32.1. The molecule has 2 aromatic rings. The maximum absolute atomic E-state index is 5.44. The summed E-state index contributed by atoms with van der Waals surface area (Å²) in [6.07, 6.45) is 6.37. The molecule has 6 heteroatoms. The van der Waals surface area contributed by atoms with E-state index in [0.717, 1.165) is 17.3 Å². The minimum atomic E-state index is 0.509. The fourth-order valence-corrected chi connectivity index (χ4v) is 3.90. The van der Waals surface area contributed by atoms with Crippen LogP contribution in [0.5, 0.6) is 0 Å². The van der Waals surface area contributed by atoms with Gasteiger partial charge in [0.25, 0.3) is 0 Å². The third-order valence-corrected chi connectivity index (χ3v) is 4.99. The van der Waals surface area contributed by atoms with E-state index >= 15 is 0 Å². The van der Waals surface area contributed by atoms with Crippen molar-refractivity contribution >= 4 is 29.5 Å². The molecule has 0 radical (unpaired) electrons. The molecule has 3 rings (SSSR count). The highest BCUT2D eigenvalue weighted by molar-refractivity contribution is 7.71. The van der Waals surface area contributed by atoms with Gasteiger partial charge in [-0.3, -0.25) is 4.57 Å². The molecule has 0 bridgehead atoms. The van der Waals surface area contributed by atoms with Crippen molar-refractivity contribution in [1.82, 2.24) is 14.8 Å². The van der Waals surface area contributed by atoms with Gasteiger partial charge in [-0.05, 0) is 47.4 Å². The Morgan fingerprint density at radius 2 is 2.25 bits per heavy atom. The van der Waals surface area contributed by atoms with Crippen molar-refractivity contribution in [3.63, 3.8) is 0 Å². The molecule has 0 spiro atoms. The third-order valence-electron chi connectivity index (χ3n) is 3.97. The van der Waals surface area contributed by atoms with Crippen molar-refractivity contribution in [2.45, 2.75) is 44.7 Å². The zero-order chi connectivity index (χ0) is 13.9. The standard InChI is InChI=1S/C14H20N4S2/c1-17(9-11-7-8-20-10-11)13-15-16-14(19)18(13)12-5-3-2-4-6-12/h7-8,10,12H,2-6,9H2,1H3,(H,16,19). The molecular weight excluding hydrogens is 288 g/mol. The summed E-state index contributed by atoms with van der Waals surface area (Å²) >= 11 is 7.17. The lowest BCUT2D eigenvalue weighted by atomic mass is 9.95. The predicted molar refractivity (Wildman–Crippen MR) is 86.0 cm³/mol. The van der Waals surface area contributed by atoms with Crippen LogP contribution in [0.15, 0.2) is 16.8 Å². The van der Waals surface area contributed by atoms with Crippen LogP contribution in [-0.4, -0.2) is 21.8 Å². The quantitative estimate of drug-likeness (QED) is 0.862. The van der Waals surface area contributed by atoms with Gasteiger partial charge in [0.15, 0.2) is 4.77 Å². The van der Waals surface area contributed by atoms with E-state index in [4.69, 9.17) is 12.2 Å². The SMILES string of the molecule is CN(Cc1ccsc1)c1n[nH]c(=S)n1C1CCCCC1. The zero-order valence-electron chi connectivity index (χ0n) is 11.7. The molecule has 1 aliphatic rings. The molecule has 20 heavy (non-hydrogen) atoms. The van der Waals surface area contributed by atoms with Crippen LogP contribution in [0.2, 0.25) is 0 Å². The van der Waals surface area contributed by atoms with Crippen molar-refractivity contribution in [2.24, 2.45) is 0 Å². The minimum absolute atomic E-state index is 0.509. The Hall–Kier alpha value is -1.14. The van der Waals surface area contributed by atoms with Crippen molar-refractivity contribution < 1.29 is 0 Å². The lowest BCUT2D eigenvalue weighted by molar-refractivity contribution is 0.350. The first-order valence-electron chi connectivity index (χ1n) is 7.15. The van der Waals surface area contributed by atoms with E-state index in [2.05, 4.69) is 43.5 Å². The number of nitrogens with zero attached hydrogens (tertiary/aromatic N) is 3. The third kappa shape index (κ3) is 2.81. The van der Waals surface area contributed by atoms with Gasteiger partial charge in [-0.1, -0.05) is 19.3 Å². The maximum atomic E-state index is 5.44. The summed E-state index contributed by atoms with van der Waals surface area (Å²) in [5, 5.41) is 11.7. The van der Waals surface area contributed by atoms with Crippen LogP contribution in [0, 0.1) is 4.77 Å². The van der Waals surface area contributed by atoms with E-state index in [9.17, 15) is 0 Å². The second kappa shape index (κ2) is 6.10. The molecule has 108 valence electrons. The van der Waals surface area contributed by atoms with Crippen molar-refractivity contribution in [3.8, 4) is 0 Å². The summed E-state index contributed by atoms with van der Waals surface area (Å²) in [7, 11) is 2.09. The Bertz CT molecular complexity index is 593. The monoisotopic (exact) mass is 308 g/mol. The molecule has 0 amide bonds. The van der Waals surface area contributed by atoms with Gasteiger partial charge in [0, 0.05) is 19.6 Å². The lowest BCUT2D eigenvalue weighted by Gasteiger charge is -2.27. The number of hydrogen-bond donors (Lipinski definition) is 1. The average molecular weight is 308 g/mol. The molecule has 1 fully saturated rings. The largest absolute Gasteiger partial charge is 0.340 e. The van der Waals surface area contributed by atoms with E-state index in [0.29, 0.717) is 6.04 Å². The van der Waals surface area contributed by atoms with Crippen LogP contribution in [-0.2, 0) is 6.54 Å². The van der Waals surface area contributed by atoms with Gasteiger partial charge in [-0.15, -0.1) is 5.10 Å². The van der Waals surface area contributed by atoms with Gasteiger partial charge in [0.1, 0.15) is 0 Å². The van der Waals surface area contributed by atoms with Gasteiger partial charge in [0.2, 0.25) is 5.95 Å². The number of hydrogen-bond acceptors (Lipinski definition) is 4. The molecule has 1 saturated carbocycles. The maximum Gasteiger partial charge on any atom is 0.226 e. The number of aromatic nitrogens is 3. The number of thiophene rings is 1. The molecule has 4 nitrogen and oxygen atoms in total. The van der Waals surface area contributed by atoms with Crippen molar-refractivity contribution in [3.05, 3.63) is 27.2 Å². The second-order valence-corrected chi connectivity index (χ2v) is 6.64. The van der Waals surface area contributed by atoms with Gasteiger partial charge in [-0.25, -0.2) is 5.10 Å². The average Bonchev–Trinajstić information content (AvgIpc) is 3.09. The summed E-state index contributed by atoms with van der Waals surface area (Å²) in [6, 6.07) is 2.67. The topological polar surface area (TPSA) is 36.9 Å². The smallest absolute Gasteiger partial charge is 0.226 e. The molecule has 2 aromatic heterocycles. The first-order valence-corrected chi connectivity index (χ1v) is 8.50. The number of H-pyrrole nitrogens is 1. The van der Waals surface area contributed by atoms with E-state index in [-0.39, 0.29) is 0 Å². The molecule has 0 atom stereocenters. The molecule has 0 aromatic carbocycles. The van der Waals surface area contributed by atoms with Gasteiger partial charge < -0.3 is 4.90 Å². The highest BCUT2D eigenvalue weighted by Crippen LogP contribution is 2.31. The highest BCUT2D eigenvalue weighted by Gasteiger charge is 2.21. The Morgan fingerprint density at radius 1 is 1.45 bits per heavy atom. The van der Waals surface area contributed by atoms with Crippen LogP contribution >= 0.6 is 23.6 Å². The molecular formula is C14H20N4S2. The lowest BCUT2D eigenvalue weighted by Crippen LogP contribution is -2.23. The van der Waals surface area contributed by atoms with E-state index in [1.54, 1.807) is 11.3 Å². The summed E-state index contributed by atoms with van der Waals surface area (Å²) in [6.45, 7) is 0.871. The Labute approximate surface area is 128 Å². The predicted octanol–water partition coefficient (Wildman–Crippen LogP) is 4.14.